The van der Waals surface area contributed by atoms with E-state index in [0.717, 1.165) is 11.1 Å². The van der Waals surface area contributed by atoms with Crippen LogP contribution in [0.4, 0.5) is 0 Å². The van der Waals surface area contributed by atoms with Crippen LogP contribution in [0.1, 0.15) is 6.42 Å². The standard InChI is InChI=1S/C9H7BrO/c10-8-3-1-2-7-6(8)4-5-9(7)11/h1-4,8H,5H2. The summed E-state index contributed by atoms with van der Waals surface area (Å²) in [7, 11) is 0. The minimum Gasteiger partial charge on any atom is -0.294 e. The van der Waals surface area contributed by atoms with Crippen molar-refractivity contribution < 1.29 is 4.79 Å². The Bertz CT molecular complexity index is 297. The first kappa shape index (κ1) is 7.04. The van der Waals surface area contributed by atoms with Crippen LogP contribution < -0.4 is 0 Å². The molecule has 1 atom stereocenters. The number of alkyl halides is 1. The van der Waals surface area contributed by atoms with Crippen LogP contribution in [0, 0.1) is 0 Å². The van der Waals surface area contributed by atoms with Crippen molar-refractivity contribution in [1.82, 2.24) is 0 Å². The first-order valence-corrected chi connectivity index (χ1v) is 4.47. The van der Waals surface area contributed by atoms with Gasteiger partial charge in [-0.05, 0) is 5.57 Å². The molecule has 2 aliphatic rings. The molecule has 0 saturated heterocycles. The van der Waals surface area contributed by atoms with Crippen LogP contribution in [0.3, 0.4) is 0 Å². The minimum absolute atomic E-state index is 0.244. The Balaban J connectivity index is 2.46. The molecule has 0 fully saturated rings. The summed E-state index contributed by atoms with van der Waals surface area (Å²) >= 11 is 3.47. The largest absolute Gasteiger partial charge is 0.294 e. The molecule has 0 radical (unpaired) electrons. The monoisotopic (exact) mass is 210 g/mol. The lowest BCUT2D eigenvalue weighted by atomic mass is 10.0. The Kier molecular flexibility index (Phi) is 1.57. The molecule has 0 saturated carbocycles. The summed E-state index contributed by atoms with van der Waals surface area (Å²) in [5.74, 6) is 0.244. The highest BCUT2D eigenvalue weighted by Crippen LogP contribution is 2.31. The number of fused-ring (bicyclic) bond motifs is 1. The molecular formula is C9H7BrO. The van der Waals surface area contributed by atoms with E-state index < -0.39 is 0 Å². The van der Waals surface area contributed by atoms with Crippen LogP contribution in [0.25, 0.3) is 0 Å². The highest BCUT2D eigenvalue weighted by atomic mass is 79.9. The van der Waals surface area contributed by atoms with Crippen molar-refractivity contribution in [3.8, 4) is 0 Å². The van der Waals surface area contributed by atoms with Gasteiger partial charge in [0.2, 0.25) is 0 Å². The molecular weight excluding hydrogens is 204 g/mol. The number of ketones is 1. The van der Waals surface area contributed by atoms with Gasteiger partial charge in [0.05, 0.1) is 4.83 Å². The van der Waals surface area contributed by atoms with Gasteiger partial charge in [0.15, 0.2) is 5.78 Å². The summed E-state index contributed by atoms with van der Waals surface area (Å²) in [6.07, 6.45) is 8.42. The first-order valence-electron chi connectivity index (χ1n) is 3.55. The van der Waals surface area contributed by atoms with E-state index in [9.17, 15) is 4.79 Å². The average molecular weight is 211 g/mol. The smallest absolute Gasteiger partial charge is 0.166 e. The van der Waals surface area contributed by atoms with Crippen molar-refractivity contribution in [2.24, 2.45) is 0 Å². The summed E-state index contributed by atoms with van der Waals surface area (Å²) in [6, 6.07) is 0. The molecule has 2 heteroatoms. The topological polar surface area (TPSA) is 17.1 Å². The van der Waals surface area contributed by atoms with Crippen molar-refractivity contribution in [3.63, 3.8) is 0 Å². The molecule has 0 aromatic carbocycles. The van der Waals surface area contributed by atoms with E-state index in [4.69, 9.17) is 0 Å². The van der Waals surface area contributed by atoms with E-state index >= 15 is 0 Å². The van der Waals surface area contributed by atoms with Crippen molar-refractivity contribution in [3.05, 3.63) is 35.5 Å². The van der Waals surface area contributed by atoms with Gasteiger partial charge in [-0.15, -0.1) is 0 Å². The molecule has 0 aliphatic heterocycles. The summed E-state index contributed by atoms with van der Waals surface area (Å²) in [4.78, 5) is 11.4. The van der Waals surface area contributed by atoms with E-state index in [1.807, 2.05) is 24.3 Å². The number of halogens is 1. The van der Waals surface area contributed by atoms with Crippen molar-refractivity contribution >= 4 is 21.7 Å². The Morgan fingerprint density at radius 1 is 1.55 bits per heavy atom. The van der Waals surface area contributed by atoms with E-state index in [2.05, 4.69) is 15.9 Å². The number of carbonyl (C=O) groups excluding carboxylic acids is 1. The Labute approximate surface area is 73.6 Å². The molecule has 0 amide bonds. The summed E-state index contributed by atoms with van der Waals surface area (Å²) in [6.45, 7) is 0. The van der Waals surface area contributed by atoms with E-state index in [1.165, 1.54) is 0 Å². The van der Waals surface area contributed by atoms with Gasteiger partial charge in [-0.25, -0.2) is 0 Å². The lowest BCUT2D eigenvalue weighted by Gasteiger charge is -2.10. The quantitative estimate of drug-likeness (QED) is 0.561. The molecule has 0 heterocycles. The second-order valence-corrected chi connectivity index (χ2v) is 3.64. The second-order valence-electron chi connectivity index (χ2n) is 2.65. The summed E-state index contributed by atoms with van der Waals surface area (Å²) < 4.78 is 0. The maximum atomic E-state index is 11.2. The third kappa shape index (κ3) is 1.02. The van der Waals surface area contributed by atoms with Gasteiger partial charge in [0.25, 0.3) is 0 Å². The summed E-state index contributed by atoms with van der Waals surface area (Å²) in [5.41, 5.74) is 2.02. The molecule has 11 heavy (non-hydrogen) atoms. The molecule has 1 unspecified atom stereocenters. The van der Waals surface area contributed by atoms with Crippen molar-refractivity contribution in [1.29, 1.82) is 0 Å². The maximum absolute atomic E-state index is 11.2. The minimum atomic E-state index is 0.244. The fraction of sp³-hybridized carbons (Fsp3) is 0.222. The third-order valence-corrected chi connectivity index (χ3v) is 2.76. The molecule has 56 valence electrons. The Hall–Kier alpha value is -0.630. The van der Waals surface area contributed by atoms with Gasteiger partial charge in [-0.2, -0.15) is 0 Å². The first-order chi connectivity index (χ1) is 5.29. The van der Waals surface area contributed by atoms with Gasteiger partial charge < -0.3 is 0 Å². The van der Waals surface area contributed by atoms with Crippen LogP contribution in [-0.2, 0) is 4.79 Å². The number of carbonyl (C=O) groups is 1. The van der Waals surface area contributed by atoms with Gasteiger partial charge in [-0.1, -0.05) is 40.2 Å². The molecule has 2 rings (SSSR count). The molecule has 0 bridgehead atoms. The molecule has 1 nitrogen and oxygen atoms in total. The van der Waals surface area contributed by atoms with Crippen molar-refractivity contribution in [2.75, 3.05) is 0 Å². The van der Waals surface area contributed by atoms with Gasteiger partial charge in [0.1, 0.15) is 0 Å². The molecule has 0 aromatic heterocycles. The predicted octanol–water partition coefficient (Wildman–Crippen LogP) is 2.15. The van der Waals surface area contributed by atoms with E-state index in [-0.39, 0.29) is 10.6 Å². The fourth-order valence-electron chi connectivity index (χ4n) is 1.39. The number of rotatable bonds is 0. The lowest BCUT2D eigenvalue weighted by molar-refractivity contribution is -0.114. The summed E-state index contributed by atoms with van der Waals surface area (Å²) in [5, 5.41) is 0. The second kappa shape index (κ2) is 2.45. The molecule has 0 spiro atoms. The number of Topliss-reactive ketones (excluding diaryl/α,β-unsaturated/α-hetero) is 1. The lowest BCUT2D eigenvalue weighted by Crippen LogP contribution is -2.06. The van der Waals surface area contributed by atoms with Crippen LogP contribution in [0.5, 0.6) is 0 Å². The van der Waals surface area contributed by atoms with Gasteiger partial charge in [0, 0.05) is 12.0 Å². The zero-order valence-electron chi connectivity index (χ0n) is 5.88. The van der Waals surface area contributed by atoms with E-state index in [0.29, 0.717) is 6.42 Å². The predicted molar refractivity (Wildman–Crippen MR) is 47.6 cm³/mol. The van der Waals surface area contributed by atoms with Crippen molar-refractivity contribution in [2.45, 2.75) is 11.2 Å². The molecule has 2 aliphatic carbocycles. The Morgan fingerprint density at radius 3 is 3.09 bits per heavy atom. The molecule has 0 N–H and O–H groups in total. The van der Waals surface area contributed by atoms with E-state index in [1.54, 1.807) is 0 Å². The number of hydrogen-bond donors (Lipinski definition) is 0. The highest BCUT2D eigenvalue weighted by Gasteiger charge is 2.25. The zero-order valence-corrected chi connectivity index (χ0v) is 7.47. The fourth-order valence-corrected chi connectivity index (χ4v) is 2.00. The normalized spacial score (nSPS) is 28.1. The van der Waals surface area contributed by atoms with Crippen LogP contribution in [-0.4, -0.2) is 10.6 Å². The number of allylic oxidation sites excluding steroid dienone is 6. The average Bonchev–Trinajstić information content (AvgIpc) is 2.35. The van der Waals surface area contributed by atoms with Gasteiger partial charge >= 0.3 is 0 Å². The zero-order chi connectivity index (χ0) is 7.84. The SMILES string of the molecule is O=C1CC=C2C1=CC=CC2Br. The molecule has 0 aromatic rings. The Morgan fingerprint density at radius 2 is 2.36 bits per heavy atom. The van der Waals surface area contributed by atoms with Crippen LogP contribution in [0.2, 0.25) is 0 Å². The van der Waals surface area contributed by atoms with Crippen LogP contribution >= 0.6 is 15.9 Å². The third-order valence-electron chi connectivity index (χ3n) is 1.96. The van der Waals surface area contributed by atoms with Crippen LogP contribution in [0.15, 0.2) is 35.5 Å². The maximum Gasteiger partial charge on any atom is 0.166 e. The highest BCUT2D eigenvalue weighted by molar-refractivity contribution is 9.09. The van der Waals surface area contributed by atoms with Gasteiger partial charge in [-0.3, -0.25) is 4.79 Å². The number of hydrogen-bond acceptors (Lipinski definition) is 1.